The molecule has 29 heavy (non-hydrogen) atoms. The maximum atomic E-state index is 12.4. The first-order valence-electron chi connectivity index (χ1n) is 8.48. The van der Waals surface area contributed by atoms with Gasteiger partial charge in [-0.1, -0.05) is 35.3 Å². The molecule has 1 amide bonds. The maximum Gasteiger partial charge on any atom is 0.264 e. The molecular formula is C19H16Cl2N4O3S. The van der Waals surface area contributed by atoms with Crippen LogP contribution in [0, 0.1) is 0 Å². The largest absolute Gasteiger partial charge is 0.326 e. The summed E-state index contributed by atoms with van der Waals surface area (Å²) in [6.07, 6.45) is 3.49. The average Bonchev–Trinajstić information content (AvgIpc) is 2.70. The van der Waals surface area contributed by atoms with E-state index in [9.17, 15) is 13.2 Å². The van der Waals surface area contributed by atoms with E-state index in [-0.39, 0.29) is 23.2 Å². The highest BCUT2D eigenvalue weighted by Gasteiger charge is 2.15. The van der Waals surface area contributed by atoms with Crippen molar-refractivity contribution in [2.75, 3.05) is 10.0 Å². The summed E-state index contributed by atoms with van der Waals surface area (Å²) in [4.78, 5) is 19.8. The number of amides is 1. The monoisotopic (exact) mass is 450 g/mol. The molecule has 0 saturated heterocycles. The lowest BCUT2D eigenvalue weighted by Crippen LogP contribution is -2.15. The van der Waals surface area contributed by atoms with Gasteiger partial charge >= 0.3 is 0 Å². The van der Waals surface area contributed by atoms with Gasteiger partial charge in [-0.3, -0.25) is 4.79 Å². The summed E-state index contributed by atoms with van der Waals surface area (Å²) in [5.74, 6) is -0.253. The second-order valence-electron chi connectivity index (χ2n) is 5.96. The van der Waals surface area contributed by atoms with E-state index in [0.29, 0.717) is 22.2 Å². The van der Waals surface area contributed by atoms with Gasteiger partial charge in [-0.25, -0.2) is 23.1 Å². The number of hydrogen-bond donors (Lipinski definition) is 2. The van der Waals surface area contributed by atoms with Gasteiger partial charge in [0, 0.05) is 24.5 Å². The Kier molecular flexibility index (Phi) is 6.68. The number of rotatable bonds is 7. The van der Waals surface area contributed by atoms with E-state index in [4.69, 9.17) is 23.2 Å². The number of aromatic nitrogens is 2. The zero-order valence-corrected chi connectivity index (χ0v) is 17.3. The smallest absolute Gasteiger partial charge is 0.264 e. The minimum absolute atomic E-state index is 0.0219. The lowest BCUT2D eigenvalue weighted by atomic mass is 10.1. The molecule has 0 aliphatic heterocycles. The second kappa shape index (κ2) is 9.21. The number of benzene rings is 2. The molecule has 3 aromatic rings. The molecule has 1 aromatic heterocycles. The third-order valence-electron chi connectivity index (χ3n) is 3.89. The van der Waals surface area contributed by atoms with Gasteiger partial charge in [0.2, 0.25) is 11.9 Å². The third kappa shape index (κ3) is 5.66. The number of halogens is 2. The highest BCUT2D eigenvalue weighted by Crippen LogP contribution is 2.26. The van der Waals surface area contributed by atoms with Crippen LogP contribution in [0.3, 0.4) is 0 Å². The van der Waals surface area contributed by atoms with Crippen molar-refractivity contribution in [2.24, 2.45) is 0 Å². The van der Waals surface area contributed by atoms with Crippen molar-refractivity contribution < 1.29 is 13.2 Å². The van der Waals surface area contributed by atoms with Crippen molar-refractivity contribution in [1.29, 1.82) is 0 Å². The van der Waals surface area contributed by atoms with Crippen LogP contribution in [0.15, 0.2) is 65.8 Å². The lowest BCUT2D eigenvalue weighted by Gasteiger charge is -2.09. The van der Waals surface area contributed by atoms with E-state index >= 15 is 0 Å². The molecule has 0 radical (unpaired) electrons. The van der Waals surface area contributed by atoms with Crippen LogP contribution in [0.5, 0.6) is 0 Å². The van der Waals surface area contributed by atoms with Crippen LogP contribution in [0.25, 0.3) is 0 Å². The summed E-state index contributed by atoms with van der Waals surface area (Å²) in [6, 6.07) is 12.6. The van der Waals surface area contributed by atoms with E-state index < -0.39 is 10.0 Å². The summed E-state index contributed by atoms with van der Waals surface area (Å²) >= 11 is 12.1. The van der Waals surface area contributed by atoms with Gasteiger partial charge in [0.05, 0.1) is 14.9 Å². The van der Waals surface area contributed by atoms with Crippen LogP contribution in [0.1, 0.15) is 12.0 Å². The number of carbonyl (C=O) groups is 1. The van der Waals surface area contributed by atoms with Gasteiger partial charge in [0.15, 0.2) is 0 Å². The quantitative estimate of drug-likeness (QED) is 0.562. The normalized spacial score (nSPS) is 11.1. The highest BCUT2D eigenvalue weighted by molar-refractivity contribution is 7.92. The van der Waals surface area contributed by atoms with E-state index in [2.05, 4.69) is 20.0 Å². The van der Waals surface area contributed by atoms with Gasteiger partial charge in [0.1, 0.15) is 0 Å². The van der Waals surface area contributed by atoms with Crippen LogP contribution < -0.4 is 10.0 Å². The Morgan fingerprint density at radius 3 is 2.34 bits per heavy atom. The van der Waals surface area contributed by atoms with Crippen LogP contribution in [-0.4, -0.2) is 24.3 Å². The van der Waals surface area contributed by atoms with Crippen LogP contribution in [-0.2, 0) is 21.2 Å². The zero-order valence-electron chi connectivity index (χ0n) is 15.0. The second-order valence-corrected chi connectivity index (χ2v) is 8.43. The van der Waals surface area contributed by atoms with Crippen molar-refractivity contribution in [3.63, 3.8) is 0 Å². The van der Waals surface area contributed by atoms with E-state index in [1.165, 1.54) is 36.7 Å². The molecule has 10 heteroatoms. The van der Waals surface area contributed by atoms with Crippen molar-refractivity contribution in [1.82, 2.24) is 9.97 Å². The molecule has 0 bridgehead atoms. The molecule has 1 heterocycles. The van der Waals surface area contributed by atoms with Crippen LogP contribution in [0.4, 0.5) is 11.6 Å². The topological polar surface area (TPSA) is 101 Å². The molecule has 0 atom stereocenters. The van der Waals surface area contributed by atoms with Gasteiger partial charge in [-0.15, -0.1) is 0 Å². The van der Waals surface area contributed by atoms with E-state index in [1.54, 1.807) is 18.2 Å². The zero-order chi connectivity index (χ0) is 20.9. The Morgan fingerprint density at radius 2 is 1.66 bits per heavy atom. The molecule has 0 unspecified atom stereocenters. The van der Waals surface area contributed by atoms with E-state index in [1.807, 2.05) is 6.07 Å². The lowest BCUT2D eigenvalue weighted by molar-refractivity contribution is -0.116. The molecule has 150 valence electrons. The van der Waals surface area contributed by atoms with Crippen LogP contribution >= 0.6 is 23.2 Å². The summed E-state index contributed by atoms with van der Waals surface area (Å²) in [6.45, 7) is 0. The minimum Gasteiger partial charge on any atom is -0.326 e. The standard InChI is InChI=1S/C19H16Cl2N4O3S/c20-16-4-1-3-13(18(16)21)5-10-17(26)24-14-6-8-15(9-7-14)29(27,28)25-19-22-11-2-12-23-19/h1-4,6-9,11-12H,5,10H2,(H,24,26)(H,22,23,25). The fraction of sp³-hybridized carbons (Fsp3) is 0.105. The number of sulfonamides is 1. The van der Waals surface area contributed by atoms with Gasteiger partial charge in [-0.05, 0) is 48.4 Å². The van der Waals surface area contributed by atoms with E-state index in [0.717, 1.165) is 5.56 Å². The Hall–Kier alpha value is -2.68. The fourth-order valence-corrected chi connectivity index (χ4v) is 3.83. The van der Waals surface area contributed by atoms with Crippen molar-refractivity contribution in [3.8, 4) is 0 Å². The number of hydrogen-bond acceptors (Lipinski definition) is 5. The Labute approximate surface area is 178 Å². The molecule has 0 saturated carbocycles. The number of nitrogens with one attached hydrogen (secondary N) is 2. The Bertz CT molecular complexity index is 1110. The number of anilines is 2. The molecule has 0 aliphatic rings. The number of nitrogens with zero attached hydrogens (tertiary/aromatic N) is 2. The minimum atomic E-state index is -3.83. The first-order chi connectivity index (χ1) is 13.8. The van der Waals surface area contributed by atoms with Crippen LogP contribution in [0.2, 0.25) is 10.0 Å². The molecular weight excluding hydrogens is 435 g/mol. The van der Waals surface area contributed by atoms with Gasteiger partial charge < -0.3 is 5.32 Å². The number of carbonyl (C=O) groups excluding carboxylic acids is 1. The first-order valence-corrected chi connectivity index (χ1v) is 10.7. The summed E-state index contributed by atoms with van der Waals surface area (Å²) in [5, 5.41) is 3.60. The predicted molar refractivity (Wildman–Crippen MR) is 113 cm³/mol. The predicted octanol–water partition coefficient (Wildman–Crippen LogP) is 4.16. The molecule has 0 fully saturated rings. The van der Waals surface area contributed by atoms with Gasteiger partial charge in [-0.2, -0.15) is 0 Å². The molecule has 2 N–H and O–H groups in total. The van der Waals surface area contributed by atoms with Crippen molar-refractivity contribution in [2.45, 2.75) is 17.7 Å². The molecule has 0 aliphatic carbocycles. The fourth-order valence-electron chi connectivity index (χ4n) is 2.46. The summed E-state index contributed by atoms with van der Waals surface area (Å²) < 4.78 is 27.0. The maximum absolute atomic E-state index is 12.4. The van der Waals surface area contributed by atoms with Gasteiger partial charge in [0.25, 0.3) is 10.0 Å². The Balaban J connectivity index is 1.60. The number of aryl methyl sites for hydroxylation is 1. The molecule has 7 nitrogen and oxygen atoms in total. The van der Waals surface area contributed by atoms with Crippen molar-refractivity contribution >= 4 is 50.8 Å². The SMILES string of the molecule is O=C(CCc1cccc(Cl)c1Cl)Nc1ccc(S(=O)(=O)Nc2ncccn2)cc1. The Morgan fingerprint density at radius 1 is 0.966 bits per heavy atom. The third-order valence-corrected chi connectivity index (χ3v) is 6.09. The average molecular weight is 451 g/mol. The summed E-state index contributed by atoms with van der Waals surface area (Å²) in [5.41, 5.74) is 1.26. The molecule has 2 aromatic carbocycles. The first kappa shape index (κ1) is 21.0. The molecule has 0 spiro atoms. The summed E-state index contributed by atoms with van der Waals surface area (Å²) in [7, 11) is -3.83. The highest BCUT2D eigenvalue weighted by atomic mass is 35.5. The molecule has 3 rings (SSSR count). The van der Waals surface area contributed by atoms with Crippen molar-refractivity contribution in [3.05, 3.63) is 76.5 Å².